The molecule has 2 aliphatic carbocycles. The molecule has 1 aromatic carbocycles. The van der Waals surface area contributed by atoms with Crippen molar-refractivity contribution in [1.29, 1.82) is 0 Å². The van der Waals surface area contributed by atoms with Crippen LogP contribution < -0.4 is 5.73 Å². The summed E-state index contributed by atoms with van der Waals surface area (Å²) in [6.45, 7) is 4.11. The van der Waals surface area contributed by atoms with Gasteiger partial charge in [-0.15, -0.1) is 0 Å². The van der Waals surface area contributed by atoms with E-state index in [2.05, 4.69) is 18.8 Å². The summed E-state index contributed by atoms with van der Waals surface area (Å²) in [6, 6.07) is 7.54. The minimum atomic E-state index is -1.23. The molecule has 0 bridgehead atoms. The Morgan fingerprint density at radius 2 is 1.92 bits per heavy atom. The highest BCUT2D eigenvalue weighted by Gasteiger charge is 2.64. The number of hydrogen-bond acceptors (Lipinski definition) is 5. The quantitative estimate of drug-likeness (QED) is 0.790. The Balaban J connectivity index is 1.91. The highest BCUT2D eigenvalue weighted by molar-refractivity contribution is 6.16. The number of rotatable bonds is 0. The SMILES string of the molecule is CN1C(=O)C2(C3=C1CC(C)(C)CC3=O)c1ccccc1-c1oc(N)nc12. The number of hydrogen-bond donors (Lipinski definition) is 1. The van der Waals surface area contributed by atoms with Crippen LogP contribution in [-0.2, 0) is 15.0 Å². The number of nitrogens with two attached hydrogens (primary N) is 1. The van der Waals surface area contributed by atoms with Crippen LogP contribution in [0.2, 0.25) is 0 Å². The fourth-order valence-electron chi connectivity index (χ4n) is 4.86. The summed E-state index contributed by atoms with van der Waals surface area (Å²) in [7, 11) is 1.74. The monoisotopic (exact) mass is 349 g/mol. The maximum absolute atomic E-state index is 13.6. The number of carbonyl (C=O) groups is 2. The summed E-state index contributed by atoms with van der Waals surface area (Å²) in [6.07, 6.45) is 1.07. The van der Waals surface area contributed by atoms with E-state index in [4.69, 9.17) is 10.2 Å². The maximum Gasteiger partial charge on any atom is 0.292 e. The molecular weight excluding hydrogens is 330 g/mol. The van der Waals surface area contributed by atoms with E-state index in [1.807, 2.05) is 24.3 Å². The smallest absolute Gasteiger partial charge is 0.292 e. The van der Waals surface area contributed by atoms with Crippen molar-refractivity contribution in [1.82, 2.24) is 9.88 Å². The van der Waals surface area contributed by atoms with Gasteiger partial charge in [0.2, 0.25) is 5.91 Å². The van der Waals surface area contributed by atoms with Gasteiger partial charge in [-0.05, 0) is 17.4 Å². The molecule has 1 aliphatic heterocycles. The third-order valence-corrected chi connectivity index (χ3v) is 5.83. The lowest BCUT2D eigenvalue weighted by Gasteiger charge is -2.33. The van der Waals surface area contributed by atoms with Gasteiger partial charge in [-0.3, -0.25) is 9.59 Å². The Morgan fingerprint density at radius 1 is 1.19 bits per heavy atom. The van der Waals surface area contributed by atoms with Gasteiger partial charge >= 0.3 is 0 Å². The molecule has 5 rings (SSSR count). The standard InChI is InChI=1S/C20H19N3O3/c1-19(2)8-12-14(13(24)9-19)20(17(25)23(12)3)11-7-5-4-6-10(11)15-16(20)22-18(21)26-15/h4-7H,8-9H2,1-3H3,(H2,21,22). The molecule has 1 atom stereocenters. The van der Waals surface area contributed by atoms with Gasteiger partial charge in [0.25, 0.3) is 6.01 Å². The molecule has 6 nitrogen and oxygen atoms in total. The van der Waals surface area contributed by atoms with E-state index in [-0.39, 0.29) is 23.1 Å². The third kappa shape index (κ3) is 1.55. The zero-order chi connectivity index (χ0) is 18.4. The first-order chi connectivity index (χ1) is 12.3. The maximum atomic E-state index is 13.6. The minimum absolute atomic E-state index is 0.00169. The molecule has 1 unspecified atom stereocenters. The Morgan fingerprint density at radius 3 is 2.69 bits per heavy atom. The number of nitrogens with zero attached hydrogens (tertiary/aromatic N) is 2. The highest BCUT2D eigenvalue weighted by atomic mass is 16.4. The molecule has 132 valence electrons. The second-order valence-electron chi connectivity index (χ2n) is 8.15. The number of Topliss-reactive ketones (excluding diaryl/α,β-unsaturated/α-hetero) is 1. The zero-order valence-electron chi connectivity index (χ0n) is 14.9. The molecule has 0 fully saturated rings. The molecule has 2 N–H and O–H groups in total. The number of aromatic nitrogens is 1. The van der Waals surface area contributed by atoms with Crippen molar-refractivity contribution in [2.24, 2.45) is 5.41 Å². The zero-order valence-corrected chi connectivity index (χ0v) is 14.9. The van der Waals surface area contributed by atoms with Crippen molar-refractivity contribution in [2.75, 3.05) is 12.8 Å². The van der Waals surface area contributed by atoms with Crippen LogP contribution in [0.4, 0.5) is 6.01 Å². The van der Waals surface area contributed by atoms with Crippen LogP contribution in [0.15, 0.2) is 40.0 Å². The van der Waals surface area contributed by atoms with Gasteiger partial charge in [-0.2, -0.15) is 4.98 Å². The van der Waals surface area contributed by atoms with E-state index in [0.717, 1.165) is 16.8 Å². The van der Waals surface area contributed by atoms with Gasteiger partial charge in [0.15, 0.2) is 17.0 Å². The molecule has 0 saturated carbocycles. The van der Waals surface area contributed by atoms with Crippen molar-refractivity contribution in [3.8, 4) is 11.3 Å². The van der Waals surface area contributed by atoms with Crippen LogP contribution in [0, 0.1) is 5.41 Å². The average Bonchev–Trinajstić information content (AvgIpc) is 3.14. The van der Waals surface area contributed by atoms with Crippen LogP contribution in [0.25, 0.3) is 11.3 Å². The number of benzene rings is 1. The summed E-state index contributed by atoms with van der Waals surface area (Å²) in [5, 5.41) is 0. The lowest BCUT2D eigenvalue weighted by atomic mass is 9.67. The molecule has 26 heavy (non-hydrogen) atoms. The number of nitrogen functional groups attached to an aromatic ring is 1. The van der Waals surface area contributed by atoms with Gasteiger partial charge in [-0.25, -0.2) is 0 Å². The van der Waals surface area contributed by atoms with E-state index in [1.54, 1.807) is 11.9 Å². The van der Waals surface area contributed by atoms with Gasteiger partial charge in [-0.1, -0.05) is 38.1 Å². The van der Waals surface area contributed by atoms with Crippen molar-refractivity contribution < 1.29 is 14.0 Å². The Labute approximate surface area is 150 Å². The fraction of sp³-hybridized carbons (Fsp3) is 0.350. The molecule has 0 radical (unpaired) electrons. The lowest BCUT2D eigenvalue weighted by molar-refractivity contribution is -0.130. The van der Waals surface area contributed by atoms with Crippen LogP contribution >= 0.6 is 0 Å². The second kappa shape index (κ2) is 4.44. The minimum Gasteiger partial charge on any atom is -0.423 e. The van der Waals surface area contributed by atoms with E-state index in [1.165, 1.54) is 0 Å². The summed E-state index contributed by atoms with van der Waals surface area (Å²) in [5.41, 5.74) is 7.73. The van der Waals surface area contributed by atoms with Gasteiger partial charge in [0, 0.05) is 30.3 Å². The Bertz CT molecular complexity index is 1050. The largest absolute Gasteiger partial charge is 0.423 e. The topological polar surface area (TPSA) is 89.4 Å². The first-order valence-electron chi connectivity index (χ1n) is 8.69. The number of likely N-dealkylation sites (N-methyl/N-ethyl adjacent to an activating group) is 1. The Hall–Kier alpha value is -2.89. The van der Waals surface area contributed by atoms with E-state index in [0.29, 0.717) is 29.9 Å². The molecule has 6 heteroatoms. The average molecular weight is 349 g/mol. The van der Waals surface area contributed by atoms with Gasteiger partial charge in [0.1, 0.15) is 5.69 Å². The molecule has 1 spiro atoms. The molecular formula is C20H19N3O3. The first kappa shape index (κ1) is 15.4. The number of amides is 1. The molecule has 2 heterocycles. The predicted octanol–water partition coefficient (Wildman–Crippen LogP) is 2.64. The molecule has 0 saturated heterocycles. The van der Waals surface area contributed by atoms with E-state index < -0.39 is 5.41 Å². The number of fused-ring (bicyclic) bond motifs is 6. The van der Waals surface area contributed by atoms with Crippen LogP contribution in [-0.4, -0.2) is 28.6 Å². The number of ketones is 1. The molecule has 3 aliphatic rings. The number of oxazole rings is 1. The molecule has 2 aromatic rings. The van der Waals surface area contributed by atoms with Crippen molar-refractivity contribution in [3.05, 3.63) is 46.8 Å². The highest BCUT2D eigenvalue weighted by Crippen LogP contribution is 2.60. The predicted molar refractivity (Wildman–Crippen MR) is 94.9 cm³/mol. The lowest BCUT2D eigenvalue weighted by Crippen LogP contribution is -2.41. The summed E-state index contributed by atoms with van der Waals surface area (Å²) < 4.78 is 5.64. The van der Waals surface area contributed by atoms with Gasteiger partial charge < -0.3 is 15.1 Å². The van der Waals surface area contributed by atoms with Crippen LogP contribution in [0.3, 0.4) is 0 Å². The van der Waals surface area contributed by atoms with Crippen molar-refractivity contribution in [2.45, 2.75) is 32.1 Å². The number of carbonyl (C=O) groups excluding carboxylic acids is 2. The van der Waals surface area contributed by atoms with E-state index >= 15 is 0 Å². The summed E-state index contributed by atoms with van der Waals surface area (Å²) >= 11 is 0. The number of allylic oxidation sites excluding steroid dienone is 1. The van der Waals surface area contributed by atoms with Crippen LogP contribution in [0.5, 0.6) is 0 Å². The van der Waals surface area contributed by atoms with Crippen molar-refractivity contribution >= 4 is 17.7 Å². The normalized spacial score (nSPS) is 25.7. The summed E-state index contributed by atoms with van der Waals surface area (Å²) in [5.74, 6) is 0.331. The Kier molecular flexibility index (Phi) is 2.62. The summed E-state index contributed by atoms with van der Waals surface area (Å²) in [4.78, 5) is 32.8. The third-order valence-electron chi connectivity index (χ3n) is 5.83. The molecule has 1 aromatic heterocycles. The fourth-order valence-corrected chi connectivity index (χ4v) is 4.86. The number of anilines is 1. The first-order valence-corrected chi connectivity index (χ1v) is 8.69. The van der Waals surface area contributed by atoms with Crippen LogP contribution in [0.1, 0.15) is 37.9 Å². The molecule has 1 amide bonds. The second-order valence-corrected chi connectivity index (χ2v) is 8.15. The van der Waals surface area contributed by atoms with Crippen molar-refractivity contribution in [3.63, 3.8) is 0 Å². The van der Waals surface area contributed by atoms with E-state index in [9.17, 15) is 9.59 Å². The van der Waals surface area contributed by atoms with Gasteiger partial charge in [0.05, 0.1) is 0 Å².